The van der Waals surface area contributed by atoms with E-state index < -0.39 is 0 Å². The SMILES string of the molecule is CCCNC1CC2CCCC(C1)N2CCCn1cccn1. The molecule has 3 rings (SSSR count). The molecular formula is C17H30N4. The van der Waals surface area contributed by atoms with Crippen molar-refractivity contribution in [3.05, 3.63) is 18.5 Å². The van der Waals surface area contributed by atoms with Gasteiger partial charge < -0.3 is 5.32 Å². The maximum Gasteiger partial charge on any atom is 0.0489 e. The van der Waals surface area contributed by atoms with Crippen LogP contribution in [0.3, 0.4) is 0 Å². The Hall–Kier alpha value is -0.870. The molecule has 4 nitrogen and oxygen atoms in total. The molecule has 2 atom stereocenters. The van der Waals surface area contributed by atoms with Gasteiger partial charge in [-0.2, -0.15) is 5.10 Å². The minimum Gasteiger partial charge on any atom is -0.314 e. The normalized spacial score (nSPS) is 29.7. The Kier molecular flexibility index (Phi) is 5.31. The number of aromatic nitrogens is 2. The van der Waals surface area contributed by atoms with Gasteiger partial charge in [-0.1, -0.05) is 13.3 Å². The molecule has 1 aromatic rings. The van der Waals surface area contributed by atoms with Crippen LogP contribution in [0.2, 0.25) is 0 Å². The van der Waals surface area contributed by atoms with Gasteiger partial charge in [-0.15, -0.1) is 0 Å². The Bertz CT molecular complexity index is 389. The lowest BCUT2D eigenvalue weighted by Gasteiger charge is -2.49. The third-order valence-electron chi connectivity index (χ3n) is 5.17. The van der Waals surface area contributed by atoms with Crippen LogP contribution in [-0.2, 0) is 6.54 Å². The average molecular weight is 290 g/mol. The first-order valence-electron chi connectivity index (χ1n) is 8.83. The summed E-state index contributed by atoms with van der Waals surface area (Å²) in [5, 5.41) is 8.06. The second-order valence-corrected chi connectivity index (χ2v) is 6.72. The molecule has 2 saturated heterocycles. The summed E-state index contributed by atoms with van der Waals surface area (Å²) >= 11 is 0. The number of aryl methyl sites for hydroxylation is 1. The van der Waals surface area contributed by atoms with Gasteiger partial charge in [0.1, 0.15) is 0 Å². The molecule has 3 heterocycles. The third kappa shape index (κ3) is 3.86. The van der Waals surface area contributed by atoms with Crippen molar-refractivity contribution in [2.75, 3.05) is 13.1 Å². The van der Waals surface area contributed by atoms with Crippen LogP contribution in [0.4, 0.5) is 0 Å². The molecule has 2 bridgehead atoms. The zero-order valence-corrected chi connectivity index (χ0v) is 13.4. The smallest absolute Gasteiger partial charge is 0.0489 e. The van der Waals surface area contributed by atoms with E-state index in [9.17, 15) is 0 Å². The van der Waals surface area contributed by atoms with Gasteiger partial charge in [0, 0.05) is 43.6 Å². The Balaban J connectivity index is 1.49. The topological polar surface area (TPSA) is 33.1 Å². The molecule has 1 N–H and O–H groups in total. The highest BCUT2D eigenvalue weighted by molar-refractivity contribution is 4.94. The second-order valence-electron chi connectivity index (χ2n) is 6.72. The molecule has 1 aromatic heterocycles. The van der Waals surface area contributed by atoms with Crippen LogP contribution in [0, 0.1) is 0 Å². The van der Waals surface area contributed by atoms with Crippen molar-refractivity contribution in [1.82, 2.24) is 20.0 Å². The molecule has 118 valence electrons. The molecule has 0 saturated carbocycles. The predicted octanol–water partition coefficient (Wildman–Crippen LogP) is 2.66. The molecule has 4 heteroatoms. The van der Waals surface area contributed by atoms with E-state index in [1.807, 2.05) is 12.3 Å². The number of hydrogen-bond acceptors (Lipinski definition) is 3. The van der Waals surface area contributed by atoms with E-state index in [-0.39, 0.29) is 0 Å². The van der Waals surface area contributed by atoms with Crippen molar-refractivity contribution in [3.63, 3.8) is 0 Å². The predicted molar refractivity (Wildman–Crippen MR) is 86.3 cm³/mol. The highest BCUT2D eigenvalue weighted by atomic mass is 15.3. The standard InChI is InChI=1S/C17H30N4/c1-2-8-18-15-13-16-6-3-7-17(14-15)21(16)12-5-11-20-10-4-9-19-20/h4,9-10,15-18H,2-3,5-8,11-14H2,1H3. The van der Waals surface area contributed by atoms with Crippen molar-refractivity contribution in [1.29, 1.82) is 0 Å². The average Bonchev–Trinajstić information content (AvgIpc) is 2.98. The summed E-state index contributed by atoms with van der Waals surface area (Å²) in [5.74, 6) is 0. The molecular weight excluding hydrogens is 260 g/mol. The Morgan fingerprint density at radius 1 is 1.19 bits per heavy atom. The van der Waals surface area contributed by atoms with Crippen molar-refractivity contribution >= 4 is 0 Å². The third-order valence-corrected chi connectivity index (χ3v) is 5.17. The maximum atomic E-state index is 4.31. The molecule has 2 aliphatic rings. The lowest BCUT2D eigenvalue weighted by Crippen LogP contribution is -2.56. The number of fused-ring (bicyclic) bond motifs is 2. The molecule has 2 fully saturated rings. The van der Waals surface area contributed by atoms with E-state index in [0.717, 1.165) is 24.7 Å². The first kappa shape index (κ1) is 15.0. The van der Waals surface area contributed by atoms with Crippen LogP contribution in [0.25, 0.3) is 0 Å². The van der Waals surface area contributed by atoms with Gasteiger partial charge in [0.2, 0.25) is 0 Å². The minimum atomic E-state index is 0.766. The van der Waals surface area contributed by atoms with E-state index in [1.165, 1.54) is 58.0 Å². The van der Waals surface area contributed by atoms with E-state index in [4.69, 9.17) is 0 Å². The summed E-state index contributed by atoms with van der Waals surface area (Å²) in [7, 11) is 0. The monoisotopic (exact) mass is 290 g/mol. The van der Waals surface area contributed by atoms with Gasteiger partial charge in [-0.05, 0) is 51.1 Å². The van der Waals surface area contributed by atoms with Crippen LogP contribution in [0.1, 0.15) is 51.9 Å². The maximum absolute atomic E-state index is 4.31. The van der Waals surface area contributed by atoms with Gasteiger partial charge in [0.05, 0.1) is 0 Å². The number of rotatable bonds is 7. The van der Waals surface area contributed by atoms with Crippen LogP contribution in [0.5, 0.6) is 0 Å². The summed E-state index contributed by atoms with van der Waals surface area (Å²) in [4.78, 5) is 2.82. The first-order valence-corrected chi connectivity index (χ1v) is 8.83. The number of nitrogens with one attached hydrogen (secondary N) is 1. The van der Waals surface area contributed by atoms with Gasteiger partial charge in [-0.25, -0.2) is 0 Å². The summed E-state index contributed by atoms with van der Waals surface area (Å²) in [6, 6.07) is 4.43. The molecule has 0 aromatic carbocycles. The van der Waals surface area contributed by atoms with Crippen LogP contribution in [-0.4, -0.2) is 45.9 Å². The minimum absolute atomic E-state index is 0.766. The highest BCUT2D eigenvalue weighted by Gasteiger charge is 2.37. The molecule has 21 heavy (non-hydrogen) atoms. The van der Waals surface area contributed by atoms with Crippen LogP contribution in [0.15, 0.2) is 18.5 Å². The quantitative estimate of drug-likeness (QED) is 0.838. The fourth-order valence-corrected chi connectivity index (χ4v) is 4.21. The van der Waals surface area contributed by atoms with Gasteiger partial charge in [0.25, 0.3) is 0 Å². The van der Waals surface area contributed by atoms with Gasteiger partial charge in [-0.3, -0.25) is 9.58 Å². The highest BCUT2D eigenvalue weighted by Crippen LogP contribution is 2.34. The van der Waals surface area contributed by atoms with Crippen molar-refractivity contribution in [2.45, 2.75) is 76.5 Å². The van der Waals surface area contributed by atoms with Crippen LogP contribution < -0.4 is 5.32 Å². The van der Waals surface area contributed by atoms with Crippen molar-refractivity contribution in [2.24, 2.45) is 0 Å². The lowest BCUT2D eigenvalue weighted by atomic mass is 9.81. The van der Waals surface area contributed by atoms with Crippen molar-refractivity contribution < 1.29 is 0 Å². The molecule has 0 spiro atoms. The Labute approximate surface area is 128 Å². The number of nitrogens with zero attached hydrogens (tertiary/aromatic N) is 3. The molecule has 0 radical (unpaired) electrons. The van der Waals surface area contributed by atoms with E-state index in [1.54, 1.807) is 0 Å². The molecule has 0 amide bonds. The summed E-state index contributed by atoms with van der Waals surface area (Å²) in [6.45, 7) is 5.75. The summed E-state index contributed by atoms with van der Waals surface area (Å²) in [5.41, 5.74) is 0. The zero-order chi connectivity index (χ0) is 14.5. The first-order chi connectivity index (χ1) is 10.4. The van der Waals surface area contributed by atoms with Gasteiger partial charge in [0.15, 0.2) is 0 Å². The molecule has 2 aliphatic heterocycles. The second kappa shape index (κ2) is 7.41. The van der Waals surface area contributed by atoms with E-state index >= 15 is 0 Å². The number of piperidine rings is 2. The summed E-state index contributed by atoms with van der Waals surface area (Å²) < 4.78 is 2.06. The Morgan fingerprint density at radius 2 is 2.00 bits per heavy atom. The fraction of sp³-hybridized carbons (Fsp3) is 0.824. The summed E-state index contributed by atoms with van der Waals surface area (Å²) in [6.07, 6.45) is 13.4. The largest absolute Gasteiger partial charge is 0.314 e. The van der Waals surface area contributed by atoms with Crippen LogP contribution >= 0.6 is 0 Å². The molecule has 2 unspecified atom stereocenters. The lowest BCUT2D eigenvalue weighted by molar-refractivity contribution is 0.0228. The Morgan fingerprint density at radius 3 is 2.67 bits per heavy atom. The zero-order valence-electron chi connectivity index (χ0n) is 13.4. The number of hydrogen-bond donors (Lipinski definition) is 1. The van der Waals surface area contributed by atoms with E-state index in [2.05, 4.69) is 33.1 Å². The van der Waals surface area contributed by atoms with E-state index in [0.29, 0.717) is 0 Å². The molecule has 0 aliphatic carbocycles. The fourth-order valence-electron chi connectivity index (χ4n) is 4.21. The van der Waals surface area contributed by atoms with Crippen molar-refractivity contribution in [3.8, 4) is 0 Å². The van der Waals surface area contributed by atoms with Gasteiger partial charge >= 0.3 is 0 Å².